The molecule has 0 fully saturated rings. The van der Waals surface area contributed by atoms with Gasteiger partial charge in [-0.2, -0.15) is 0 Å². The van der Waals surface area contributed by atoms with Gasteiger partial charge in [0.1, 0.15) is 29.3 Å². The standard InChI is InChI=1S/C16H12O3.C9H6O3.C7H7Br/c17-16-9-7-13-6-8-14(10-15(13)19-16)18-11-12-4-2-1-3-5-12;10-7-3-1-6-2-4-9(11)12-8(6)5-7;8-6-7-4-2-1-3-5-7/h1-10H,11H2;1-5,10H;1-5H,6H2. The molecule has 6 aromatic rings. The lowest BCUT2D eigenvalue weighted by atomic mass is 10.2. The van der Waals surface area contributed by atoms with E-state index in [0.717, 1.165) is 21.7 Å². The molecule has 39 heavy (non-hydrogen) atoms. The highest BCUT2D eigenvalue weighted by atomic mass is 79.9. The Balaban J connectivity index is 0.000000150. The molecule has 4 aromatic carbocycles. The minimum absolute atomic E-state index is 0.0943. The third-order valence-electron chi connectivity index (χ3n) is 5.45. The van der Waals surface area contributed by atoms with Crippen molar-refractivity contribution in [2.24, 2.45) is 0 Å². The normalized spacial score (nSPS) is 10.2. The molecule has 0 unspecified atom stereocenters. The second-order valence-corrected chi connectivity index (χ2v) is 8.88. The Hall–Kier alpha value is -4.62. The maximum atomic E-state index is 11.2. The van der Waals surface area contributed by atoms with Crippen LogP contribution in [0.3, 0.4) is 0 Å². The van der Waals surface area contributed by atoms with Crippen LogP contribution in [0.5, 0.6) is 11.5 Å². The second-order valence-electron chi connectivity index (χ2n) is 8.32. The lowest BCUT2D eigenvalue weighted by Gasteiger charge is -2.06. The molecule has 7 heteroatoms. The molecule has 6 nitrogen and oxygen atoms in total. The molecule has 196 valence electrons. The van der Waals surface area contributed by atoms with Gasteiger partial charge in [-0.15, -0.1) is 0 Å². The Morgan fingerprint density at radius 1 is 0.615 bits per heavy atom. The largest absolute Gasteiger partial charge is 0.508 e. The van der Waals surface area contributed by atoms with Gasteiger partial charge in [-0.3, -0.25) is 0 Å². The van der Waals surface area contributed by atoms with Crippen molar-refractivity contribution in [1.82, 2.24) is 0 Å². The van der Waals surface area contributed by atoms with Crippen molar-refractivity contribution >= 4 is 37.9 Å². The van der Waals surface area contributed by atoms with Crippen molar-refractivity contribution in [2.45, 2.75) is 11.9 Å². The summed E-state index contributed by atoms with van der Waals surface area (Å²) in [6.07, 6.45) is 0. The molecule has 0 saturated heterocycles. The van der Waals surface area contributed by atoms with E-state index in [-0.39, 0.29) is 11.4 Å². The van der Waals surface area contributed by atoms with Crippen LogP contribution in [0.15, 0.2) is 140 Å². The third kappa shape index (κ3) is 8.45. The smallest absolute Gasteiger partial charge is 0.336 e. The summed E-state index contributed by atoms with van der Waals surface area (Å²) in [7, 11) is 0. The zero-order chi connectivity index (χ0) is 27.5. The van der Waals surface area contributed by atoms with Crippen LogP contribution in [0, 0.1) is 0 Å². The van der Waals surface area contributed by atoms with Crippen LogP contribution >= 0.6 is 15.9 Å². The highest BCUT2D eigenvalue weighted by Gasteiger charge is 2.01. The van der Waals surface area contributed by atoms with E-state index in [0.29, 0.717) is 23.5 Å². The zero-order valence-electron chi connectivity index (χ0n) is 20.8. The minimum Gasteiger partial charge on any atom is -0.508 e. The van der Waals surface area contributed by atoms with E-state index >= 15 is 0 Å². The van der Waals surface area contributed by atoms with Crippen molar-refractivity contribution in [2.75, 3.05) is 0 Å². The summed E-state index contributed by atoms with van der Waals surface area (Å²) in [5.74, 6) is 0.780. The van der Waals surface area contributed by atoms with Crippen molar-refractivity contribution in [3.05, 3.63) is 153 Å². The van der Waals surface area contributed by atoms with Gasteiger partial charge in [-0.1, -0.05) is 76.6 Å². The molecule has 6 rings (SSSR count). The molecule has 0 amide bonds. The average Bonchev–Trinajstić information content (AvgIpc) is 2.97. The number of ether oxygens (including phenoxy) is 1. The fourth-order valence-electron chi connectivity index (χ4n) is 3.49. The number of hydrogen-bond acceptors (Lipinski definition) is 6. The lowest BCUT2D eigenvalue weighted by molar-refractivity contribution is 0.306. The molecule has 1 N–H and O–H groups in total. The monoisotopic (exact) mass is 584 g/mol. The number of phenols is 1. The number of aromatic hydroxyl groups is 1. The highest BCUT2D eigenvalue weighted by molar-refractivity contribution is 9.08. The summed E-state index contributed by atoms with van der Waals surface area (Å²) in [5.41, 5.74) is 2.60. The van der Waals surface area contributed by atoms with Crippen molar-refractivity contribution in [3.8, 4) is 11.5 Å². The Labute approximate surface area is 232 Å². The number of alkyl halides is 1. The molecule has 2 aromatic heterocycles. The Bertz CT molecular complexity index is 1740. The summed E-state index contributed by atoms with van der Waals surface area (Å²) in [6.45, 7) is 0.489. The van der Waals surface area contributed by atoms with Crippen molar-refractivity contribution in [1.29, 1.82) is 0 Å². The predicted molar refractivity (Wildman–Crippen MR) is 156 cm³/mol. The summed E-state index contributed by atoms with van der Waals surface area (Å²) >= 11 is 3.36. The molecular formula is C32H25BrO6. The van der Waals surface area contributed by atoms with Gasteiger partial charge >= 0.3 is 11.3 Å². The van der Waals surface area contributed by atoms with Gasteiger partial charge in [0.2, 0.25) is 0 Å². The van der Waals surface area contributed by atoms with Crippen LogP contribution in [-0.4, -0.2) is 5.11 Å². The van der Waals surface area contributed by atoms with Crippen LogP contribution in [0.2, 0.25) is 0 Å². The fraction of sp³-hybridized carbons (Fsp3) is 0.0625. The van der Waals surface area contributed by atoms with Crippen LogP contribution in [0.1, 0.15) is 11.1 Å². The quantitative estimate of drug-likeness (QED) is 0.171. The fourth-order valence-corrected chi connectivity index (χ4v) is 3.86. The van der Waals surface area contributed by atoms with E-state index in [1.807, 2.05) is 60.7 Å². The maximum absolute atomic E-state index is 11.2. The molecule has 0 saturated carbocycles. The van der Waals surface area contributed by atoms with Gasteiger partial charge in [0.05, 0.1) is 0 Å². The number of fused-ring (bicyclic) bond motifs is 2. The van der Waals surface area contributed by atoms with Crippen molar-refractivity contribution in [3.63, 3.8) is 0 Å². The van der Waals surface area contributed by atoms with Crippen LogP contribution in [-0.2, 0) is 11.9 Å². The lowest BCUT2D eigenvalue weighted by Crippen LogP contribution is -1.97. The summed E-state index contributed by atoms with van der Waals surface area (Å²) in [4.78, 5) is 21.9. The first-order valence-electron chi connectivity index (χ1n) is 12.0. The molecule has 0 bridgehead atoms. The Morgan fingerprint density at radius 2 is 1.13 bits per heavy atom. The number of phenolic OH excluding ortho intramolecular Hbond substituents is 1. The minimum atomic E-state index is -0.409. The van der Waals surface area contributed by atoms with E-state index in [9.17, 15) is 9.59 Å². The van der Waals surface area contributed by atoms with Crippen LogP contribution in [0.4, 0.5) is 0 Å². The molecule has 0 aliphatic carbocycles. The third-order valence-corrected chi connectivity index (χ3v) is 6.09. The van der Waals surface area contributed by atoms with Crippen LogP contribution < -0.4 is 16.0 Å². The molecule has 2 heterocycles. The molecule has 0 aliphatic heterocycles. The van der Waals surface area contributed by atoms with Gasteiger partial charge in [-0.05, 0) is 47.5 Å². The second kappa shape index (κ2) is 13.8. The number of benzene rings is 4. The van der Waals surface area contributed by atoms with E-state index in [2.05, 4.69) is 28.1 Å². The van der Waals surface area contributed by atoms with E-state index in [4.69, 9.17) is 18.7 Å². The summed E-state index contributed by atoms with van der Waals surface area (Å²) in [6, 6.07) is 36.5. The van der Waals surface area contributed by atoms with E-state index in [1.165, 1.54) is 23.8 Å². The number of hydrogen-bond donors (Lipinski definition) is 1. The van der Waals surface area contributed by atoms with Crippen LogP contribution in [0.25, 0.3) is 21.9 Å². The summed E-state index contributed by atoms with van der Waals surface area (Å²) in [5, 5.41) is 11.7. The first-order valence-corrected chi connectivity index (χ1v) is 13.2. The Kier molecular flexibility index (Phi) is 9.69. The first-order chi connectivity index (χ1) is 19.0. The van der Waals surface area contributed by atoms with Gasteiger partial charge in [-0.25, -0.2) is 9.59 Å². The molecule has 0 spiro atoms. The zero-order valence-corrected chi connectivity index (χ0v) is 22.4. The predicted octanol–water partition coefficient (Wildman–Crippen LogP) is 7.45. The number of halogens is 1. The Morgan fingerprint density at radius 3 is 1.69 bits per heavy atom. The SMILES string of the molecule is BrCc1ccccc1.O=c1ccc2ccc(O)cc2o1.O=c1ccc2ccc(OCc3ccccc3)cc2o1. The van der Waals surface area contributed by atoms with Gasteiger partial charge in [0.25, 0.3) is 0 Å². The topological polar surface area (TPSA) is 89.9 Å². The highest BCUT2D eigenvalue weighted by Crippen LogP contribution is 2.20. The van der Waals surface area contributed by atoms with Gasteiger partial charge in [0.15, 0.2) is 0 Å². The average molecular weight is 585 g/mol. The molecular weight excluding hydrogens is 560 g/mol. The maximum Gasteiger partial charge on any atom is 0.336 e. The summed E-state index contributed by atoms with van der Waals surface area (Å²) < 4.78 is 15.6. The molecule has 0 atom stereocenters. The number of rotatable bonds is 4. The first kappa shape index (κ1) is 27.4. The molecule has 0 aliphatic rings. The van der Waals surface area contributed by atoms with Gasteiger partial charge < -0.3 is 18.7 Å². The van der Waals surface area contributed by atoms with E-state index in [1.54, 1.807) is 30.3 Å². The van der Waals surface area contributed by atoms with E-state index < -0.39 is 5.63 Å². The van der Waals surface area contributed by atoms with Crippen molar-refractivity contribution < 1.29 is 18.7 Å². The van der Waals surface area contributed by atoms with Gasteiger partial charge in [0, 0.05) is 40.4 Å². The molecule has 0 radical (unpaired) electrons.